The van der Waals surface area contributed by atoms with Crippen LogP contribution in [0.4, 0.5) is 0 Å². The summed E-state index contributed by atoms with van der Waals surface area (Å²) < 4.78 is 0. The van der Waals surface area contributed by atoms with Crippen molar-refractivity contribution in [3.05, 3.63) is 35.9 Å². The van der Waals surface area contributed by atoms with E-state index in [2.05, 4.69) is 10.6 Å². The molecule has 1 unspecified atom stereocenters. The number of amides is 3. The van der Waals surface area contributed by atoms with Gasteiger partial charge in [-0.25, -0.2) is 0 Å². The molecule has 0 aromatic heterocycles. The van der Waals surface area contributed by atoms with Crippen LogP contribution in [-0.2, 0) is 25.6 Å². The van der Waals surface area contributed by atoms with Gasteiger partial charge < -0.3 is 16.4 Å². The van der Waals surface area contributed by atoms with E-state index in [-0.39, 0.29) is 23.4 Å². The van der Waals surface area contributed by atoms with E-state index in [0.717, 1.165) is 17.3 Å². The van der Waals surface area contributed by atoms with Crippen molar-refractivity contribution in [1.82, 2.24) is 10.6 Å². The van der Waals surface area contributed by atoms with Crippen LogP contribution in [0.25, 0.3) is 0 Å². The predicted molar refractivity (Wildman–Crippen MR) is 115 cm³/mol. The average Bonchev–Trinajstić information content (AvgIpc) is 2.64. The van der Waals surface area contributed by atoms with Gasteiger partial charge in [0.2, 0.25) is 17.7 Å². The summed E-state index contributed by atoms with van der Waals surface area (Å²) >= 11 is 1.10. The molecule has 3 amide bonds. The number of benzene rings is 1. The van der Waals surface area contributed by atoms with Crippen LogP contribution < -0.4 is 16.4 Å². The molecule has 0 fully saturated rings. The summed E-state index contributed by atoms with van der Waals surface area (Å²) in [5.74, 6) is -1.19. The lowest BCUT2D eigenvalue weighted by molar-refractivity contribution is -0.132. The van der Waals surface area contributed by atoms with Gasteiger partial charge in [0.1, 0.15) is 12.1 Å². The fourth-order valence-corrected chi connectivity index (χ4v) is 3.49. The SMILES string of the molecule is CC(=O)SCC(CC(C)C)C(=O)N[C@@H](Cc1ccccc1)C(=O)N[C@@H](C)C(N)=O. The first kappa shape index (κ1) is 24.7. The van der Waals surface area contributed by atoms with Gasteiger partial charge in [0, 0.05) is 25.0 Å². The summed E-state index contributed by atoms with van der Waals surface area (Å²) in [6, 6.07) is 7.58. The molecule has 3 atom stereocenters. The van der Waals surface area contributed by atoms with Gasteiger partial charge in [-0.1, -0.05) is 55.9 Å². The summed E-state index contributed by atoms with van der Waals surface area (Å²) in [4.78, 5) is 48.3. The molecule has 4 N–H and O–H groups in total. The second kappa shape index (κ2) is 12.3. The molecule has 0 radical (unpaired) electrons. The molecule has 0 heterocycles. The lowest BCUT2D eigenvalue weighted by Gasteiger charge is -2.24. The van der Waals surface area contributed by atoms with Crippen LogP contribution in [0.1, 0.15) is 39.7 Å². The molecular formula is C21H31N3O4S. The van der Waals surface area contributed by atoms with Gasteiger partial charge in [0.25, 0.3) is 0 Å². The lowest BCUT2D eigenvalue weighted by Crippen LogP contribution is -2.54. The van der Waals surface area contributed by atoms with Crippen LogP contribution in [0.2, 0.25) is 0 Å². The highest BCUT2D eigenvalue weighted by Crippen LogP contribution is 2.19. The largest absolute Gasteiger partial charge is 0.368 e. The zero-order valence-corrected chi connectivity index (χ0v) is 18.3. The molecular weight excluding hydrogens is 390 g/mol. The number of carbonyl (C=O) groups excluding carboxylic acids is 4. The molecule has 1 aromatic rings. The molecule has 0 aliphatic rings. The van der Waals surface area contributed by atoms with Crippen LogP contribution in [-0.4, -0.2) is 40.7 Å². The number of rotatable bonds is 11. The zero-order valence-electron chi connectivity index (χ0n) is 17.4. The van der Waals surface area contributed by atoms with Gasteiger partial charge in [-0.2, -0.15) is 0 Å². The van der Waals surface area contributed by atoms with E-state index < -0.39 is 29.8 Å². The molecule has 0 aliphatic heterocycles. The van der Waals surface area contributed by atoms with Crippen molar-refractivity contribution in [1.29, 1.82) is 0 Å². The highest BCUT2D eigenvalue weighted by atomic mass is 32.2. The number of hydrogen-bond acceptors (Lipinski definition) is 5. The summed E-state index contributed by atoms with van der Waals surface area (Å²) in [6.45, 7) is 6.96. The van der Waals surface area contributed by atoms with Crippen molar-refractivity contribution in [2.75, 3.05) is 5.75 Å². The first-order valence-electron chi connectivity index (χ1n) is 9.67. The molecule has 29 heavy (non-hydrogen) atoms. The van der Waals surface area contributed by atoms with Gasteiger partial charge in [-0.15, -0.1) is 0 Å². The van der Waals surface area contributed by atoms with Crippen molar-refractivity contribution >= 4 is 34.6 Å². The van der Waals surface area contributed by atoms with Crippen molar-refractivity contribution in [2.45, 2.75) is 52.6 Å². The predicted octanol–water partition coefficient (Wildman–Crippen LogP) is 1.65. The average molecular weight is 422 g/mol. The fraction of sp³-hybridized carbons (Fsp3) is 0.524. The topological polar surface area (TPSA) is 118 Å². The van der Waals surface area contributed by atoms with Gasteiger partial charge in [-0.3, -0.25) is 19.2 Å². The fourth-order valence-electron chi connectivity index (χ4n) is 2.77. The van der Waals surface area contributed by atoms with Gasteiger partial charge in [-0.05, 0) is 24.8 Å². The summed E-state index contributed by atoms with van der Waals surface area (Å²) in [6.07, 6.45) is 0.877. The number of nitrogens with one attached hydrogen (secondary N) is 2. The van der Waals surface area contributed by atoms with E-state index >= 15 is 0 Å². The Morgan fingerprint density at radius 1 is 1.00 bits per heavy atom. The highest BCUT2D eigenvalue weighted by Gasteiger charge is 2.28. The Hall–Kier alpha value is -2.35. The molecule has 1 aromatic carbocycles. The van der Waals surface area contributed by atoms with E-state index in [1.54, 1.807) is 0 Å². The third kappa shape index (κ3) is 9.60. The summed E-state index contributed by atoms with van der Waals surface area (Å²) in [7, 11) is 0. The molecule has 0 bridgehead atoms. The number of hydrogen-bond donors (Lipinski definition) is 3. The molecule has 0 saturated heterocycles. The Balaban J connectivity index is 2.96. The normalized spacial score (nSPS) is 14.0. The molecule has 0 spiro atoms. The Bertz CT molecular complexity index is 709. The number of primary amides is 1. The van der Waals surface area contributed by atoms with E-state index in [9.17, 15) is 19.2 Å². The third-order valence-corrected chi connectivity index (χ3v) is 5.29. The maximum atomic E-state index is 12.9. The van der Waals surface area contributed by atoms with Crippen LogP contribution in [0.5, 0.6) is 0 Å². The molecule has 1 rings (SSSR count). The smallest absolute Gasteiger partial charge is 0.243 e. The van der Waals surface area contributed by atoms with Crippen LogP contribution in [0.15, 0.2) is 30.3 Å². The summed E-state index contributed by atoms with van der Waals surface area (Å²) in [5.41, 5.74) is 6.11. The first-order valence-corrected chi connectivity index (χ1v) is 10.7. The Kier molecular flexibility index (Phi) is 10.4. The molecule has 8 heteroatoms. The van der Waals surface area contributed by atoms with Crippen molar-refractivity contribution in [2.24, 2.45) is 17.6 Å². The van der Waals surface area contributed by atoms with E-state index in [0.29, 0.717) is 12.2 Å². The lowest BCUT2D eigenvalue weighted by atomic mass is 9.97. The van der Waals surface area contributed by atoms with Gasteiger partial charge in [0.05, 0.1) is 0 Å². The van der Waals surface area contributed by atoms with Crippen LogP contribution >= 0.6 is 11.8 Å². The number of thioether (sulfide) groups is 1. The van der Waals surface area contributed by atoms with Gasteiger partial charge >= 0.3 is 0 Å². The van der Waals surface area contributed by atoms with Crippen molar-refractivity contribution in [3.63, 3.8) is 0 Å². The minimum absolute atomic E-state index is 0.0552. The maximum absolute atomic E-state index is 12.9. The summed E-state index contributed by atoms with van der Waals surface area (Å²) in [5, 5.41) is 5.30. The number of carbonyl (C=O) groups is 4. The van der Waals surface area contributed by atoms with E-state index in [1.165, 1.54) is 13.8 Å². The molecule has 0 saturated carbocycles. The molecule has 0 aliphatic carbocycles. The van der Waals surface area contributed by atoms with Crippen LogP contribution in [0, 0.1) is 11.8 Å². The Morgan fingerprint density at radius 3 is 2.14 bits per heavy atom. The first-order chi connectivity index (χ1) is 13.6. The second-order valence-electron chi connectivity index (χ2n) is 7.51. The Labute approximate surface area is 176 Å². The minimum atomic E-state index is -0.858. The maximum Gasteiger partial charge on any atom is 0.243 e. The van der Waals surface area contributed by atoms with Gasteiger partial charge in [0.15, 0.2) is 5.12 Å². The minimum Gasteiger partial charge on any atom is -0.368 e. The van der Waals surface area contributed by atoms with Crippen molar-refractivity contribution in [3.8, 4) is 0 Å². The standard InChI is InChI=1S/C21H31N3O4S/c1-13(2)10-17(12-29-15(4)25)20(27)24-18(11-16-8-6-5-7-9-16)21(28)23-14(3)19(22)26/h5-9,13-14,17-18H,10-12H2,1-4H3,(H2,22,26)(H,23,28)(H,24,27)/t14-,17?,18-/m0/s1. The monoisotopic (exact) mass is 421 g/mol. The number of nitrogens with two attached hydrogens (primary N) is 1. The molecule has 160 valence electrons. The quantitative estimate of drug-likeness (QED) is 0.502. The van der Waals surface area contributed by atoms with Crippen molar-refractivity contribution < 1.29 is 19.2 Å². The van der Waals surface area contributed by atoms with E-state index in [1.807, 2.05) is 44.2 Å². The van der Waals surface area contributed by atoms with Crippen LogP contribution in [0.3, 0.4) is 0 Å². The Morgan fingerprint density at radius 2 is 1.62 bits per heavy atom. The second-order valence-corrected chi connectivity index (χ2v) is 8.71. The van der Waals surface area contributed by atoms with E-state index in [4.69, 9.17) is 5.73 Å². The zero-order chi connectivity index (χ0) is 22.0. The third-order valence-electron chi connectivity index (χ3n) is 4.32. The highest BCUT2D eigenvalue weighted by molar-refractivity contribution is 8.13. The molecule has 7 nitrogen and oxygen atoms in total.